The maximum Gasteiger partial charge on any atom is 0.325 e. The van der Waals surface area contributed by atoms with Crippen molar-refractivity contribution in [3.8, 4) is 0 Å². The topological polar surface area (TPSA) is 46.6 Å². The molecule has 1 aliphatic carbocycles. The highest BCUT2D eigenvalue weighted by molar-refractivity contribution is 8.00. The number of amides is 1. The van der Waals surface area contributed by atoms with E-state index >= 15 is 0 Å². The molecule has 2 rings (SSSR count). The number of carbonyl (C=O) groups is 2. The molecule has 0 aromatic rings. The Morgan fingerprint density at radius 1 is 1.38 bits per heavy atom. The summed E-state index contributed by atoms with van der Waals surface area (Å²) >= 11 is 1.55. The zero-order chi connectivity index (χ0) is 11.4. The van der Waals surface area contributed by atoms with E-state index in [1.54, 1.807) is 16.7 Å². The van der Waals surface area contributed by atoms with Gasteiger partial charge in [0.1, 0.15) is 12.6 Å². The van der Waals surface area contributed by atoms with Crippen molar-refractivity contribution in [3.63, 3.8) is 0 Å². The summed E-state index contributed by atoms with van der Waals surface area (Å²) in [5.41, 5.74) is 0. The summed E-state index contributed by atoms with van der Waals surface area (Å²) < 4.78 is 5.36. The smallest absolute Gasteiger partial charge is 0.325 e. The summed E-state index contributed by atoms with van der Waals surface area (Å²) in [5, 5.41) is 0. The number of rotatable bonds is 3. The molecule has 0 unspecified atom stereocenters. The van der Waals surface area contributed by atoms with E-state index in [1.807, 2.05) is 0 Å². The predicted molar refractivity (Wildman–Crippen MR) is 62.0 cm³/mol. The van der Waals surface area contributed by atoms with E-state index in [-0.39, 0.29) is 24.5 Å². The lowest BCUT2D eigenvalue weighted by molar-refractivity contribution is -0.153. The van der Waals surface area contributed by atoms with Crippen LogP contribution < -0.4 is 0 Å². The van der Waals surface area contributed by atoms with Crippen LogP contribution in [0.4, 0.5) is 0 Å². The molecule has 5 heteroatoms. The first-order valence-corrected chi connectivity index (χ1v) is 6.96. The Hall–Kier alpha value is -0.710. The normalized spacial score (nSPS) is 22.5. The number of carbonyl (C=O) groups excluding carboxylic acids is 2. The third kappa shape index (κ3) is 3.14. The number of nitrogens with zero attached hydrogens (tertiary/aromatic N) is 1. The monoisotopic (exact) mass is 243 g/mol. The summed E-state index contributed by atoms with van der Waals surface area (Å²) in [6.45, 7) is 0.127. The number of ether oxygens (including phenoxy) is 1. The van der Waals surface area contributed by atoms with Gasteiger partial charge in [0, 0.05) is 0 Å². The van der Waals surface area contributed by atoms with E-state index < -0.39 is 0 Å². The van der Waals surface area contributed by atoms with Gasteiger partial charge in [-0.2, -0.15) is 0 Å². The van der Waals surface area contributed by atoms with Crippen LogP contribution in [-0.4, -0.2) is 41.1 Å². The highest BCUT2D eigenvalue weighted by Gasteiger charge is 2.25. The Balaban J connectivity index is 1.72. The van der Waals surface area contributed by atoms with Crippen LogP contribution in [0.15, 0.2) is 0 Å². The van der Waals surface area contributed by atoms with Gasteiger partial charge in [0.25, 0.3) is 0 Å². The van der Waals surface area contributed by atoms with E-state index in [0.717, 1.165) is 25.7 Å². The third-order valence-corrected chi connectivity index (χ3v) is 3.94. The summed E-state index contributed by atoms with van der Waals surface area (Å²) in [6, 6.07) is 0. The standard InChI is InChI=1S/C11H17NO3S/c13-10-7-16-8-12(10)6-11(14)15-9-4-2-1-3-5-9/h9H,1-8H2. The Labute approximate surface area is 99.7 Å². The summed E-state index contributed by atoms with van der Waals surface area (Å²) in [5.74, 6) is 0.920. The van der Waals surface area contributed by atoms with Gasteiger partial charge in [-0.25, -0.2) is 0 Å². The van der Waals surface area contributed by atoms with Crippen LogP contribution in [0.2, 0.25) is 0 Å². The van der Waals surface area contributed by atoms with E-state index in [2.05, 4.69) is 0 Å². The second-order valence-corrected chi connectivity index (χ2v) is 5.27. The Bertz CT molecular complexity index is 276. The number of hydrogen-bond acceptors (Lipinski definition) is 4. The van der Waals surface area contributed by atoms with Gasteiger partial charge in [-0.1, -0.05) is 6.42 Å². The molecule has 0 spiro atoms. The SMILES string of the molecule is O=C(CN1CSCC1=O)OC1CCCCC1. The molecular formula is C11H17NO3S. The molecule has 1 saturated heterocycles. The zero-order valence-corrected chi connectivity index (χ0v) is 10.1. The van der Waals surface area contributed by atoms with Crippen molar-refractivity contribution < 1.29 is 14.3 Å². The molecule has 0 aromatic carbocycles. The Morgan fingerprint density at radius 2 is 2.12 bits per heavy atom. The molecule has 1 amide bonds. The van der Waals surface area contributed by atoms with Crippen molar-refractivity contribution in [2.45, 2.75) is 38.2 Å². The molecule has 1 saturated carbocycles. The molecule has 0 atom stereocenters. The van der Waals surface area contributed by atoms with E-state index in [1.165, 1.54) is 6.42 Å². The van der Waals surface area contributed by atoms with Crippen molar-refractivity contribution in [1.29, 1.82) is 0 Å². The van der Waals surface area contributed by atoms with Crippen molar-refractivity contribution in [2.24, 2.45) is 0 Å². The van der Waals surface area contributed by atoms with Crippen molar-refractivity contribution >= 4 is 23.6 Å². The molecule has 0 radical (unpaired) electrons. The molecule has 1 aliphatic heterocycles. The molecule has 90 valence electrons. The summed E-state index contributed by atoms with van der Waals surface area (Å²) in [6.07, 6.45) is 5.59. The Morgan fingerprint density at radius 3 is 2.75 bits per heavy atom. The quantitative estimate of drug-likeness (QED) is 0.703. The van der Waals surface area contributed by atoms with Crippen molar-refractivity contribution in [1.82, 2.24) is 4.90 Å². The van der Waals surface area contributed by atoms with Gasteiger partial charge in [0.05, 0.1) is 11.6 Å². The molecule has 1 heterocycles. The van der Waals surface area contributed by atoms with Gasteiger partial charge in [-0.05, 0) is 25.7 Å². The molecular weight excluding hydrogens is 226 g/mol. The van der Waals surface area contributed by atoms with Crippen LogP contribution in [0.5, 0.6) is 0 Å². The number of hydrogen-bond donors (Lipinski definition) is 0. The van der Waals surface area contributed by atoms with Crippen molar-refractivity contribution in [3.05, 3.63) is 0 Å². The van der Waals surface area contributed by atoms with Crippen LogP contribution in [0.1, 0.15) is 32.1 Å². The first-order valence-electron chi connectivity index (χ1n) is 5.81. The van der Waals surface area contributed by atoms with Crippen molar-refractivity contribution in [2.75, 3.05) is 18.2 Å². The zero-order valence-electron chi connectivity index (χ0n) is 9.31. The fourth-order valence-corrected chi connectivity index (χ4v) is 3.01. The minimum atomic E-state index is -0.247. The third-order valence-electron chi connectivity index (χ3n) is 3.00. The Kier molecular flexibility index (Phi) is 4.09. The van der Waals surface area contributed by atoms with Gasteiger partial charge >= 0.3 is 5.97 Å². The van der Waals surface area contributed by atoms with E-state index in [9.17, 15) is 9.59 Å². The maximum absolute atomic E-state index is 11.6. The van der Waals surface area contributed by atoms with Gasteiger partial charge < -0.3 is 9.64 Å². The molecule has 4 nitrogen and oxygen atoms in total. The lowest BCUT2D eigenvalue weighted by Gasteiger charge is -2.23. The van der Waals surface area contributed by atoms with Crippen LogP contribution >= 0.6 is 11.8 Å². The van der Waals surface area contributed by atoms with Crippen LogP contribution in [0.3, 0.4) is 0 Å². The minimum Gasteiger partial charge on any atom is -0.461 e. The van der Waals surface area contributed by atoms with E-state index in [4.69, 9.17) is 4.74 Å². The first kappa shape index (κ1) is 11.8. The molecule has 2 fully saturated rings. The van der Waals surface area contributed by atoms with Gasteiger partial charge in [0.2, 0.25) is 5.91 Å². The van der Waals surface area contributed by atoms with E-state index in [0.29, 0.717) is 11.6 Å². The van der Waals surface area contributed by atoms with Crippen LogP contribution in [0.25, 0.3) is 0 Å². The van der Waals surface area contributed by atoms with Crippen LogP contribution in [0, 0.1) is 0 Å². The first-order chi connectivity index (χ1) is 7.75. The van der Waals surface area contributed by atoms with Gasteiger partial charge in [-0.3, -0.25) is 9.59 Å². The molecule has 0 N–H and O–H groups in total. The molecule has 16 heavy (non-hydrogen) atoms. The fraction of sp³-hybridized carbons (Fsp3) is 0.818. The predicted octanol–water partition coefficient (Wildman–Crippen LogP) is 1.40. The lowest BCUT2D eigenvalue weighted by Crippen LogP contribution is -2.34. The lowest BCUT2D eigenvalue weighted by atomic mass is 9.98. The largest absolute Gasteiger partial charge is 0.461 e. The van der Waals surface area contributed by atoms with Gasteiger partial charge in [0.15, 0.2) is 0 Å². The fourth-order valence-electron chi connectivity index (χ4n) is 2.10. The maximum atomic E-state index is 11.6. The highest BCUT2D eigenvalue weighted by atomic mass is 32.2. The molecule has 0 aromatic heterocycles. The number of thioether (sulfide) groups is 1. The average Bonchev–Trinajstić information content (AvgIpc) is 2.66. The molecule has 2 aliphatic rings. The summed E-state index contributed by atoms with van der Waals surface area (Å²) in [4.78, 5) is 24.5. The van der Waals surface area contributed by atoms with Gasteiger partial charge in [-0.15, -0.1) is 11.8 Å². The number of esters is 1. The van der Waals surface area contributed by atoms with Crippen LogP contribution in [-0.2, 0) is 14.3 Å². The second kappa shape index (κ2) is 5.57. The highest BCUT2D eigenvalue weighted by Crippen LogP contribution is 2.21. The molecule has 0 bridgehead atoms. The summed E-state index contributed by atoms with van der Waals surface area (Å²) in [7, 11) is 0. The second-order valence-electron chi connectivity index (χ2n) is 4.32. The average molecular weight is 243 g/mol. The minimum absolute atomic E-state index is 0.0468.